The Morgan fingerprint density at radius 3 is 2.32 bits per heavy atom. The van der Waals surface area contributed by atoms with Gasteiger partial charge in [-0.2, -0.15) is 0 Å². The summed E-state index contributed by atoms with van der Waals surface area (Å²) in [5.41, 5.74) is 1.63. The van der Waals surface area contributed by atoms with Gasteiger partial charge >= 0.3 is 5.97 Å². The third kappa shape index (κ3) is 3.50. The van der Waals surface area contributed by atoms with Gasteiger partial charge in [0.25, 0.3) is 0 Å². The summed E-state index contributed by atoms with van der Waals surface area (Å²) < 4.78 is 15.8. The molecular formula is C19H14Cl2O4. The van der Waals surface area contributed by atoms with Crippen LogP contribution in [0.5, 0.6) is 11.5 Å². The number of rotatable bonds is 4. The molecule has 0 aliphatic carbocycles. The van der Waals surface area contributed by atoms with Crippen LogP contribution in [0.25, 0.3) is 11.8 Å². The van der Waals surface area contributed by atoms with Gasteiger partial charge in [0.2, 0.25) is 0 Å². The monoisotopic (exact) mass is 376 g/mol. The van der Waals surface area contributed by atoms with Gasteiger partial charge in [-0.15, -0.1) is 0 Å². The highest BCUT2D eigenvalue weighted by Gasteiger charge is 2.23. The molecule has 0 saturated heterocycles. The molecule has 0 unspecified atom stereocenters. The molecule has 0 bridgehead atoms. The topological polar surface area (TPSA) is 44.8 Å². The van der Waals surface area contributed by atoms with Crippen LogP contribution in [0.4, 0.5) is 0 Å². The van der Waals surface area contributed by atoms with Gasteiger partial charge in [-0.25, -0.2) is 4.79 Å². The second-order valence-corrected chi connectivity index (χ2v) is 6.02. The maximum absolute atomic E-state index is 12.2. The standard InChI is InChI=1S/C19H14Cl2O4/c1-23-16-7-6-11(9-18(16)24-2)17-10-12(19(22)25-17)8-13-14(20)4-3-5-15(13)21/h3-10H,1-2H3/b12-8+. The van der Waals surface area contributed by atoms with E-state index in [1.54, 1.807) is 62.8 Å². The zero-order valence-electron chi connectivity index (χ0n) is 13.5. The molecule has 1 aliphatic rings. The average Bonchev–Trinajstić information content (AvgIpc) is 2.98. The third-order valence-corrected chi connectivity index (χ3v) is 4.35. The molecule has 2 aromatic rings. The van der Waals surface area contributed by atoms with Crippen molar-refractivity contribution in [2.24, 2.45) is 0 Å². The smallest absolute Gasteiger partial charge is 0.343 e. The van der Waals surface area contributed by atoms with Gasteiger partial charge in [0.05, 0.1) is 19.8 Å². The lowest BCUT2D eigenvalue weighted by Gasteiger charge is -2.09. The van der Waals surface area contributed by atoms with Gasteiger partial charge in [-0.05, 0) is 42.5 Å². The third-order valence-electron chi connectivity index (χ3n) is 3.69. The number of hydrogen-bond donors (Lipinski definition) is 0. The van der Waals surface area contributed by atoms with Gasteiger partial charge in [0, 0.05) is 21.2 Å². The zero-order valence-corrected chi connectivity index (χ0v) is 15.0. The number of carbonyl (C=O) groups excluding carboxylic acids is 1. The van der Waals surface area contributed by atoms with Crippen LogP contribution in [0.3, 0.4) is 0 Å². The molecule has 0 aromatic heterocycles. The summed E-state index contributed by atoms with van der Waals surface area (Å²) in [4.78, 5) is 12.2. The molecule has 0 radical (unpaired) electrons. The van der Waals surface area contributed by atoms with Gasteiger partial charge in [-0.1, -0.05) is 29.3 Å². The van der Waals surface area contributed by atoms with E-state index in [1.807, 2.05) is 0 Å². The van der Waals surface area contributed by atoms with Gasteiger partial charge in [0.1, 0.15) is 5.76 Å². The molecule has 3 rings (SSSR count). The molecule has 4 nitrogen and oxygen atoms in total. The van der Waals surface area contributed by atoms with E-state index in [0.717, 1.165) is 0 Å². The molecule has 1 aliphatic heterocycles. The van der Waals surface area contributed by atoms with Crippen molar-refractivity contribution in [1.29, 1.82) is 0 Å². The van der Waals surface area contributed by atoms with Crippen LogP contribution in [0.15, 0.2) is 48.0 Å². The Morgan fingerprint density at radius 1 is 1.00 bits per heavy atom. The Balaban J connectivity index is 1.99. The van der Waals surface area contributed by atoms with Gasteiger partial charge < -0.3 is 14.2 Å². The number of carbonyl (C=O) groups is 1. The number of hydrogen-bond acceptors (Lipinski definition) is 4. The van der Waals surface area contributed by atoms with Crippen LogP contribution in [0, 0.1) is 0 Å². The Kier molecular flexibility index (Phi) is 5.02. The lowest BCUT2D eigenvalue weighted by Crippen LogP contribution is -1.98. The van der Waals surface area contributed by atoms with E-state index in [1.165, 1.54) is 0 Å². The quantitative estimate of drug-likeness (QED) is 0.556. The summed E-state index contributed by atoms with van der Waals surface area (Å²) in [6.07, 6.45) is 3.25. The first-order valence-corrected chi connectivity index (χ1v) is 8.11. The molecule has 0 amide bonds. The summed E-state index contributed by atoms with van der Waals surface area (Å²) in [5, 5.41) is 0.918. The molecule has 0 N–H and O–H groups in total. The van der Waals surface area contributed by atoms with E-state index >= 15 is 0 Å². The van der Waals surface area contributed by atoms with E-state index < -0.39 is 5.97 Å². The van der Waals surface area contributed by atoms with Crippen molar-refractivity contribution in [3.05, 3.63) is 69.2 Å². The Bertz CT molecular complexity index is 880. The molecule has 6 heteroatoms. The molecule has 2 aromatic carbocycles. The maximum atomic E-state index is 12.2. The van der Waals surface area contributed by atoms with Crippen molar-refractivity contribution >= 4 is 41.0 Å². The fraction of sp³-hybridized carbons (Fsp3) is 0.105. The average molecular weight is 377 g/mol. The highest BCUT2D eigenvalue weighted by Crippen LogP contribution is 2.35. The van der Waals surface area contributed by atoms with Crippen molar-refractivity contribution in [3.63, 3.8) is 0 Å². The fourth-order valence-corrected chi connectivity index (χ4v) is 2.93. The van der Waals surface area contributed by atoms with Crippen LogP contribution in [-0.4, -0.2) is 20.2 Å². The highest BCUT2D eigenvalue weighted by molar-refractivity contribution is 6.37. The van der Waals surface area contributed by atoms with Crippen LogP contribution >= 0.6 is 23.2 Å². The normalized spacial score (nSPS) is 15.1. The summed E-state index contributed by atoms with van der Waals surface area (Å²) in [7, 11) is 3.10. The summed E-state index contributed by atoms with van der Waals surface area (Å²) in [6.45, 7) is 0. The first-order chi connectivity index (χ1) is 12.0. The molecule has 128 valence electrons. The molecule has 0 spiro atoms. The Labute approximate surface area is 155 Å². The van der Waals surface area contributed by atoms with Crippen LogP contribution < -0.4 is 9.47 Å². The molecular weight excluding hydrogens is 363 g/mol. The Morgan fingerprint density at radius 2 is 1.68 bits per heavy atom. The SMILES string of the molecule is COc1ccc(C2=C/C(=C\c3c(Cl)cccc3Cl)C(=O)O2)cc1OC. The van der Waals surface area contributed by atoms with E-state index in [9.17, 15) is 4.79 Å². The molecule has 1 heterocycles. The number of esters is 1. The molecule has 25 heavy (non-hydrogen) atoms. The number of ether oxygens (including phenoxy) is 3. The molecule has 0 saturated carbocycles. The minimum atomic E-state index is -0.472. The van der Waals surface area contributed by atoms with Crippen molar-refractivity contribution < 1.29 is 19.0 Å². The number of cyclic esters (lactones) is 1. The first-order valence-electron chi connectivity index (χ1n) is 7.35. The fourth-order valence-electron chi connectivity index (χ4n) is 2.42. The van der Waals surface area contributed by atoms with Crippen LogP contribution in [0.1, 0.15) is 11.1 Å². The van der Waals surface area contributed by atoms with Gasteiger partial charge in [-0.3, -0.25) is 0 Å². The largest absolute Gasteiger partial charge is 0.493 e. The lowest BCUT2D eigenvalue weighted by molar-refractivity contribution is -0.130. The zero-order chi connectivity index (χ0) is 18.0. The van der Waals surface area contributed by atoms with E-state index in [2.05, 4.69) is 0 Å². The second-order valence-electron chi connectivity index (χ2n) is 5.20. The highest BCUT2D eigenvalue weighted by atomic mass is 35.5. The predicted octanol–water partition coefficient (Wildman–Crippen LogP) is 4.99. The molecule has 0 atom stereocenters. The number of halogens is 2. The van der Waals surface area contributed by atoms with E-state index in [0.29, 0.717) is 44.0 Å². The van der Waals surface area contributed by atoms with Crippen molar-refractivity contribution in [2.75, 3.05) is 14.2 Å². The summed E-state index contributed by atoms with van der Waals surface area (Å²) in [6, 6.07) is 10.4. The lowest BCUT2D eigenvalue weighted by atomic mass is 10.1. The molecule has 0 fully saturated rings. The van der Waals surface area contributed by atoms with Crippen molar-refractivity contribution in [2.45, 2.75) is 0 Å². The van der Waals surface area contributed by atoms with E-state index in [4.69, 9.17) is 37.4 Å². The summed E-state index contributed by atoms with van der Waals surface area (Å²) in [5.74, 6) is 1.08. The Hall–Kier alpha value is -2.43. The van der Waals surface area contributed by atoms with Crippen LogP contribution in [-0.2, 0) is 9.53 Å². The minimum Gasteiger partial charge on any atom is -0.493 e. The van der Waals surface area contributed by atoms with Crippen LogP contribution in [0.2, 0.25) is 10.0 Å². The first kappa shape index (κ1) is 17.4. The van der Waals surface area contributed by atoms with Gasteiger partial charge in [0.15, 0.2) is 11.5 Å². The number of benzene rings is 2. The predicted molar refractivity (Wildman–Crippen MR) is 98.1 cm³/mol. The maximum Gasteiger partial charge on any atom is 0.343 e. The van der Waals surface area contributed by atoms with Crippen molar-refractivity contribution in [1.82, 2.24) is 0 Å². The second kappa shape index (κ2) is 7.21. The minimum absolute atomic E-state index is 0.361. The van der Waals surface area contributed by atoms with E-state index in [-0.39, 0.29) is 0 Å². The van der Waals surface area contributed by atoms with Crippen molar-refractivity contribution in [3.8, 4) is 11.5 Å². The number of methoxy groups -OCH3 is 2. The summed E-state index contributed by atoms with van der Waals surface area (Å²) >= 11 is 12.3.